The monoisotopic (exact) mass is 328 g/mol. The van der Waals surface area contributed by atoms with E-state index in [9.17, 15) is 18.0 Å². The molecular formula is C15H15F3N2O3. The second kappa shape index (κ2) is 6.31. The number of hydrogen-bond donors (Lipinski definition) is 1. The molecule has 0 spiro atoms. The van der Waals surface area contributed by atoms with Gasteiger partial charge in [-0.15, -0.1) is 0 Å². The van der Waals surface area contributed by atoms with Crippen LogP contribution in [0.5, 0.6) is 5.75 Å². The minimum absolute atomic E-state index is 0.0174. The maximum atomic E-state index is 12.5. The third-order valence-electron chi connectivity index (χ3n) is 3.00. The van der Waals surface area contributed by atoms with Gasteiger partial charge in [-0.25, -0.2) is 4.79 Å². The van der Waals surface area contributed by atoms with Crippen LogP contribution in [-0.2, 0) is 5.41 Å². The van der Waals surface area contributed by atoms with Crippen LogP contribution < -0.4 is 10.1 Å². The van der Waals surface area contributed by atoms with Crippen molar-refractivity contribution in [1.82, 2.24) is 5.16 Å². The largest absolute Gasteiger partial charge is 0.418 e. The van der Waals surface area contributed by atoms with Crippen LogP contribution in [0.1, 0.15) is 26.0 Å². The van der Waals surface area contributed by atoms with Gasteiger partial charge in [-0.3, -0.25) is 5.32 Å². The Bertz CT molecular complexity index is 666. The lowest BCUT2D eigenvalue weighted by Gasteiger charge is -2.22. The van der Waals surface area contributed by atoms with E-state index < -0.39 is 24.1 Å². The van der Waals surface area contributed by atoms with Crippen LogP contribution in [0.4, 0.5) is 23.8 Å². The van der Waals surface area contributed by atoms with Crippen molar-refractivity contribution in [3.8, 4) is 5.75 Å². The summed E-state index contributed by atoms with van der Waals surface area (Å²) in [7, 11) is 0. The first kappa shape index (κ1) is 16.9. The highest BCUT2D eigenvalue weighted by Gasteiger charge is 2.39. The number of nitrogens with one attached hydrogen (secondary N) is 1. The summed E-state index contributed by atoms with van der Waals surface area (Å²) in [5, 5.41) is 5.84. The number of amides is 1. The summed E-state index contributed by atoms with van der Waals surface area (Å²) < 4.78 is 47.5. The number of alkyl halides is 3. The van der Waals surface area contributed by atoms with E-state index in [0.29, 0.717) is 5.75 Å². The lowest BCUT2D eigenvalue weighted by atomic mass is 9.86. The number of benzene rings is 1. The molecular weight excluding hydrogens is 313 g/mol. The Kier molecular flexibility index (Phi) is 4.63. The summed E-state index contributed by atoms with van der Waals surface area (Å²) in [5.74, 6) is 0.326. The molecule has 8 heteroatoms. The average Bonchev–Trinajstić information content (AvgIpc) is 2.86. The van der Waals surface area contributed by atoms with Gasteiger partial charge in [-0.1, -0.05) is 37.2 Å². The van der Waals surface area contributed by atoms with E-state index in [1.165, 1.54) is 19.9 Å². The standard InChI is InChI=1S/C15H15F3N2O3/c1-14(2,9-15(16,17)18)11-8-12(20-23-11)19-13(21)22-10-6-4-3-5-7-10/h3-8H,9H2,1-2H3,(H,19,20,21). The van der Waals surface area contributed by atoms with Gasteiger partial charge in [-0.2, -0.15) is 13.2 Å². The number of hydrogen-bond acceptors (Lipinski definition) is 4. The Morgan fingerprint density at radius 2 is 1.91 bits per heavy atom. The van der Waals surface area contributed by atoms with Crippen LogP contribution in [0.2, 0.25) is 0 Å². The Labute approximate surface area is 130 Å². The van der Waals surface area contributed by atoms with E-state index in [1.54, 1.807) is 30.3 Å². The second-order valence-electron chi connectivity index (χ2n) is 5.58. The van der Waals surface area contributed by atoms with Crippen molar-refractivity contribution < 1.29 is 27.2 Å². The second-order valence-corrected chi connectivity index (χ2v) is 5.58. The Morgan fingerprint density at radius 1 is 1.26 bits per heavy atom. The molecule has 0 aliphatic heterocycles. The molecule has 1 N–H and O–H groups in total. The van der Waals surface area contributed by atoms with E-state index in [0.717, 1.165) is 0 Å². The first-order chi connectivity index (χ1) is 10.7. The number of nitrogens with zero attached hydrogens (tertiary/aromatic N) is 1. The average molecular weight is 328 g/mol. The first-order valence-electron chi connectivity index (χ1n) is 6.73. The lowest BCUT2D eigenvalue weighted by molar-refractivity contribution is -0.147. The topological polar surface area (TPSA) is 64.4 Å². The third-order valence-corrected chi connectivity index (χ3v) is 3.00. The molecule has 0 aliphatic carbocycles. The zero-order chi connectivity index (χ0) is 17.1. The molecule has 1 heterocycles. The highest BCUT2D eigenvalue weighted by Crippen LogP contribution is 2.36. The fraction of sp³-hybridized carbons (Fsp3) is 0.333. The van der Waals surface area contributed by atoms with Crippen LogP contribution in [0.3, 0.4) is 0 Å². The molecule has 5 nitrogen and oxygen atoms in total. The van der Waals surface area contributed by atoms with Gasteiger partial charge in [0.15, 0.2) is 5.82 Å². The maximum Gasteiger partial charge on any atom is 0.418 e. The zero-order valence-corrected chi connectivity index (χ0v) is 12.5. The highest BCUT2D eigenvalue weighted by atomic mass is 19.4. The van der Waals surface area contributed by atoms with Crippen LogP contribution >= 0.6 is 0 Å². The molecule has 0 bridgehead atoms. The summed E-state index contributed by atoms with van der Waals surface area (Å²) in [6.45, 7) is 2.76. The molecule has 0 saturated heterocycles. The molecule has 23 heavy (non-hydrogen) atoms. The molecule has 0 aliphatic rings. The maximum absolute atomic E-state index is 12.5. The summed E-state index contributed by atoms with van der Waals surface area (Å²) in [6.07, 6.45) is -6.22. The first-order valence-corrected chi connectivity index (χ1v) is 6.73. The predicted octanol–water partition coefficient (Wildman–Crippen LogP) is 4.52. The van der Waals surface area contributed by atoms with Crippen molar-refractivity contribution in [3.63, 3.8) is 0 Å². The van der Waals surface area contributed by atoms with Gasteiger partial charge in [0.1, 0.15) is 11.5 Å². The van der Waals surface area contributed by atoms with Crippen molar-refractivity contribution in [2.24, 2.45) is 0 Å². The molecule has 2 rings (SSSR count). The third kappa shape index (κ3) is 5.01. The number of carbonyl (C=O) groups excluding carboxylic acids is 1. The molecule has 1 aromatic heterocycles. The summed E-state index contributed by atoms with van der Waals surface area (Å²) >= 11 is 0. The fourth-order valence-electron chi connectivity index (χ4n) is 1.97. The number of carbonyl (C=O) groups is 1. The quantitative estimate of drug-likeness (QED) is 0.896. The number of aromatic nitrogens is 1. The van der Waals surface area contributed by atoms with Crippen molar-refractivity contribution >= 4 is 11.9 Å². The normalized spacial score (nSPS) is 12.0. The summed E-state index contributed by atoms with van der Waals surface area (Å²) in [6, 6.07) is 9.56. The molecule has 1 aromatic carbocycles. The van der Waals surface area contributed by atoms with E-state index in [-0.39, 0.29) is 11.6 Å². The van der Waals surface area contributed by atoms with Gasteiger partial charge in [0, 0.05) is 11.5 Å². The zero-order valence-electron chi connectivity index (χ0n) is 12.5. The minimum atomic E-state index is -4.34. The molecule has 2 aromatic rings. The lowest BCUT2D eigenvalue weighted by Crippen LogP contribution is -2.25. The van der Waals surface area contributed by atoms with Crippen molar-refractivity contribution in [2.45, 2.75) is 31.9 Å². The minimum Gasteiger partial charge on any atom is -0.410 e. The van der Waals surface area contributed by atoms with Crippen molar-refractivity contribution in [3.05, 3.63) is 42.2 Å². The van der Waals surface area contributed by atoms with Crippen LogP contribution in [0.15, 0.2) is 40.9 Å². The number of para-hydroxylation sites is 1. The number of anilines is 1. The molecule has 0 atom stereocenters. The van der Waals surface area contributed by atoms with Crippen molar-refractivity contribution in [1.29, 1.82) is 0 Å². The Balaban J connectivity index is 2.00. The van der Waals surface area contributed by atoms with Gasteiger partial charge in [0.25, 0.3) is 0 Å². The molecule has 0 fully saturated rings. The molecule has 0 saturated carbocycles. The summed E-state index contributed by atoms with van der Waals surface area (Å²) in [4.78, 5) is 11.7. The van der Waals surface area contributed by atoms with Crippen LogP contribution in [0, 0.1) is 0 Å². The van der Waals surface area contributed by atoms with Gasteiger partial charge in [0.05, 0.1) is 6.42 Å². The van der Waals surface area contributed by atoms with Gasteiger partial charge < -0.3 is 9.26 Å². The van der Waals surface area contributed by atoms with Gasteiger partial charge in [0.2, 0.25) is 0 Å². The molecule has 0 radical (unpaired) electrons. The van der Waals surface area contributed by atoms with Crippen LogP contribution in [-0.4, -0.2) is 17.4 Å². The van der Waals surface area contributed by atoms with Gasteiger partial charge in [-0.05, 0) is 12.1 Å². The predicted molar refractivity (Wildman–Crippen MR) is 76.3 cm³/mol. The highest BCUT2D eigenvalue weighted by molar-refractivity contribution is 5.85. The molecule has 0 unspecified atom stereocenters. The summed E-state index contributed by atoms with van der Waals surface area (Å²) in [5.41, 5.74) is -1.30. The number of ether oxygens (including phenoxy) is 1. The SMILES string of the molecule is CC(C)(CC(F)(F)F)c1cc(NC(=O)Oc2ccccc2)no1. The van der Waals surface area contributed by atoms with Gasteiger partial charge >= 0.3 is 12.3 Å². The van der Waals surface area contributed by atoms with Crippen LogP contribution in [0.25, 0.3) is 0 Å². The molecule has 124 valence electrons. The van der Waals surface area contributed by atoms with E-state index >= 15 is 0 Å². The molecule has 1 amide bonds. The van der Waals surface area contributed by atoms with E-state index in [4.69, 9.17) is 9.26 Å². The Hall–Kier alpha value is -2.51. The van der Waals surface area contributed by atoms with E-state index in [2.05, 4.69) is 10.5 Å². The number of halogens is 3. The van der Waals surface area contributed by atoms with Crippen molar-refractivity contribution in [2.75, 3.05) is 5.32 Å². The Morgan fingerprint density at radius 3 is 2.52 bits per heavy atom. The smallest absolute Gasteiger partial charge is 0.410 e. The fourth-order valence-corrected chi connectivity index (χ4v) is 1.97. The van der Waals surface area contributed by atoms with E-state index in [1.807, 2.05) is 0 Å². The number of rotatable bonds is 4.